The molecule has 1 aromatic rings. The average molecular weight is 487 g/mol. The topological polar surface area (TPSA) is 110 Å². The molecule has 1 saturated heterocycles. The Morgan fingerprint density at radius 3 is 2.16 bits per heavy atom. The minimum Gasteiger partial charge on any atom is -0.456 e. The van der Waals surface area contributed by atoms with E-state index in [1.807, 2.05) is 0 Å². The molecule has 0 bridgehead atoms. The highest BCUT2D eigenvalue weighted by Gasteiger charge is 2.46. The van der Waals surface area contributed by atoms with Gasteiger partial charge in [0.15, 0.2) is 0 Å². The minimum absolute atomic E-state index is 0.0244. The lowest BCUT2D eigenvalue weighted by molar-refractivity contribution is -0.0449. The van der Waals surface area contributed by atoms with Crippen molar-refractivity contribution in [2.24, 2.45) is 5.92 Å². The standard InChI is InChI=1S/C18H25F3N2O6S2/c1-17(2,3)29-16(24)14-6-4-5-7-15(14)30(25,26)23-10-8-13(9-11-23)12-22-31(27,28)18(19,20)21/h4-7,13,22H,8-12H2,1-3H3. The lowest BCUT2D eigenvalue weighted by Crippen LogP contribution is -2.44. The smallest absolute Gasteiger partial charge is 0.456 e. The van der Waals surface area contributed by atoms with E-state index in [1.54, 1.807) is 20.8 Å². The van der Waals surface area contributed by atoms with Gasteiger partial charge >= 0.3 is 21.5 Å². The van der Waals surface area contributed by atoms with Gasteiger partial charge in [-0.15, -0.1) is 0 Å². The summed E-state index contributed by atoms with van der Waals surface area (Å²) in [5.41, 5.74) is -6.34. The van der Waals surface area contributed by atoms with Gasteiger partial charge in [0.25, 0.3) is 0 Å². The maximum atomic E-state index is 13.1. The second-order valence-corrected chi connectivity index (χ2v) is 11.8. The summed E-state index contributed by atoms with van der Waals surface area (Å²) in [6, 6.07) is 5.62. The second-order valence-electron chi connectivity index (χ2n) is 8.14. The normalized spacial score (nSPS) is 17.5. The summed E-state index contributed by atoms with van der Waals surface area (Å²) < 4.78 is 93.6. The largest absolute Gasteiger partial charge is 0.511 e. The number of carbonyl (C=O) groups excluding carboxylic acids is 1. The molecular formula is C18H25F3N2O6S2. The summed E-state index contributed by atoms with van der Waals surface area (Å²) in [4.78, 5) is 12.2. The Morgan fingerprint density at radius 1 is 1.10 bits per heavy atom. The van der Waals surface area contributed by atoms with E-state index >= 15 is 0 Å². The van der Waals surface area contributed by atoms with Gasteiger partial charge in [0.2, 0.25) is 10.0 Å². The molecule has 1 fully saturated rings. The molecule has 1 aliphatic heterocycles. The van der Waals surface area contributed by atoms with Crippen molar-refractivity contribution in [3.63, 3.8) is 0 Å². The molecule has 2 rings (SSSR count). The SMILES string of the molecule is CC(C)(C)OC(=O)c1ccccc1S(=O)(=O)N1CCC(CNS(=O)(=O)C(F)(F)F)CC1. The van der Waals surface area contributed by atoms with Crippen LogP contribution in [0.3, 0.4) is 0 Å². The Labute approximate surface area is 179 Å². The van der Waals surface area contributed by atoms with Crippen LogP contribution < -0.4 is 4.72 Å². The molecule has 31 heavy (non-hydrogen) atoms. The minimum atomic E-state index is -5.45. The molecule has 0 saturated carbocycles. The molecule has 1 heterocycles. The fraction of sp³-hybridized carbons (Fsp3) is 0.611. The molecule has 1 N–H and O–H groups in total. The van der Waals surface area contributed by atoms with Crippen LogP contribution in [0.5, 0.6) is 0 Å². The highest BCUT2D eigenvalue weighted by molar-refractivity contribution is 7.90. The van der Waals surface area contributed by atoms with Crippen molar-refractivity contribution in [1.29, 1.82) is 0 Å². The first-order chi connectivity index (χ1) is 14.0. The number of hydrogen-bond donors (Lipinski definition) is 1. The molecule has 0 unspecified atom stereocenters. The summed E-state index contributed by atoms with van der Waals surface area (Å²) in [5.74, 6) is -1.24. The zero-order chi connectivity index (χ0) is 23.7. The van der Waals surface area contributed by atoms with Crippen LogP contribution in [0, 0.1) is 5.92 Å². The number of hydrogen-bond acceptors (Lipinski definition) is 6. The second kappa shape index (κ2) is 9.04. The van der Waals surface area contributed by atoms with Gasteiger partial charge < -0.3 is 4.74 Å². The summed E-state index contributed by atoms with van der Waals surface area (Å²) in [6.45, 7) is 4.47. The van der Waals surface area contributed by atoms with Gasteiger partial charge in [0.1, 0.15) is 5.60 Å². The third-order valence-electron chi connectivity index (χ3n) is 4.56. The first-order valence-corrected chi connectivity index (χ1v) is 12.4. The highest BCUT2D eigenvalue weighted by atomic mass is 32.2. The number of sulfonamides is 2. The average Bonchev–Trinajstić information content (AvgIpc) is 2.64. The predicted molar refractivity (Wildman–Crippen MR) is 106 cm³/mol. The Kier molecular flexibility index (Phi) is 7.45. The maximum Gasteiger partial charge on any atom is 0.511 e. The lowest BCUT2D eigenvalue weighted by Gasteiger charge is -2.31. The van der Waals surface area contributed by atoms with Gasteiger partial charge in [-0.2, -0.15) is 17.5 Å². The number of ether oxygens (including phenoxy) is 1. The summed E-state index contributed by atoms with van der Waals surface area (Å²) in [7, 11) is -9.51. The number of benzene rings is 1. The predicted octanol–water partition coefficient (Wildman–Crippen LogP) is 2.48. The van der Waals surface area contributed by atoms with Crippen LogP contribution in [-0.4, -0.2) is 57.9 Å². The fourth-order valence-corrected chi connectivity index (χ4v) is 5.26. The Balaban J connectivity index is 2.10. The Hall–Kier alpha value is -1.70. The third-order valence-corrected chi connectivity index (χ3v) is 7.68. The zero-order valence-electron chi connectivity index (χ0n) is 17.3. The molecule has 8 nitrogen and oxygen atoms in total. The van der Waals surface area contributed by atoms with Crippen molar-refractivity contribution in [1.82, 2.24) is 9.03 Å². The number of nitrogens with one attached hydrogen (secondary N) is 1. The molecule has 13 heteroatoms. The number of nitrogens with zero attached hydrogens (tertiary/aromatic N) is 1. The molecule has 1 aromatic carbocycles. The van der Waals surface area contributed by atoms with E-state index in [1.165, 1.54) is 29.0 Å². The van der Waals surface area contributed by atoms with Gasteiger partial charge in [-0.1, -0.05) is 12.1 Å². The number of esters is 1. The monoisotopic (exact) mass is 486 g/mol. The Bertz CT molecular complexity index is 1010. The maximum absolute atomic E-state index is 13.1. The molecule has 0 aromatic heterocycles. The van der Waals surface area contributed by atoms with E-state index in [-0.39, 0.29) is 36.4 Å². The molecule has 0 spiro atoms. The van der Waals surface area contributed by atoms with Crippen LogP contribution in [-0.2, 0) is 24.8 Å². The Morgan fingerprint density at radius 2 is 1.65 bits per heavy atom. The van der Waals surface area contributed by atoms with Gasteiger partial charge in [0.05, 0.1) is 10.5 Å². The number of piperidine rings is 1. The van der Waals surface area contributed by atoms with Crippen molar-refractivity contribution in [3.8, 4) is 0 Å². The highest BCUT2D eigenvalue weighted by Crippen LogP contribution is 2.28. The van der Waals surface area contributed by atoms with Crippen LogP contribution in [0.25, 0.3) is 0 Å². The number of rotatable bonds is 6. The molecule has 0 amide bonds. The summed E-state index contributed by atoms with van der Waals surface area (Å²) in [6.07, 6.45) is 0.322. The number of alkyl halides is 3. The van der Waals surface area contributed by atoms with E-state index in [4.69, 9.17) is 4.74 Å². The van der Waals surface area contributed by atoms with Crippen LogP contribution in [0.2, 0.25) is 0 Å². The van der Waals surface area contributed by atoms with E-state index in [0.29, 0.717) is 0 Å². The van der Waals surface area contributed by atoms with Crippen molar-refractivity contribution in [2.75, 3.05) is 19.6 Å². The van der Waals surface area contributed by atoms with Crippen molar-refractivity contribution in [3.05, 3.63) is 29.8 Å². The molecule has 0 aliphatic carbocycles. The van der Waals surface area contributed by atoms with E-state index in [9.17, 15) is 34.8 Å². The van der Waals surface area contributed by atoms with Gasteiger partial charge in [0, 0.05) is 19.6 Å². The van der Waals surface area contributed by atoms with E-state index < -0.39 is 49.6 Å². The van der Waals surface area contributed by atoms with Gasteiger partial charge in [-0.3, -0.25) is 0 Å². The molecule has 176 valence electrons. The van der Waals surface area contributed by atoms with Gasteiger partial charge in [-0.05, 0) is 51.7 Å². The molecule has 0 radical (unpaired) electrons. The number of carbonyl (C=O) groups is 1. The summed E-state index contributed by atoms with van der Waals surface area (Å²) >= 11 is 0. The third kappa shape index (κ3) is 6.40. The molecule has 0 atom stereocenters. The molecule has 1 aliphatic rings. The first-order valence-electron chi connectivity index (χ1n) is 9.43. The molecular weight excluding hydrogens is 461 g/mol. The van der Waals surface area contributed by atoms with Crippen molar-refractivity contribution in [2.45, 2.75) is 49.6 Å². The first kappa shape index (κ1) is 25.6. The fourth-order valence-electron chi connectivity index (χ4n) is 3.00. The van der Waals surface area contributed by atoms with E-state index in [2.05, 4.69) is 0 Å². The van der Waals surface area contributed by atoms with Crippen LogP contribution >= 0.6 is 0 Å². The summed E-state index contributed by atoms with van der Waals surface area (Å²) in [5, 5.41) is 0. The number of halogens is 3. The quantitative estimate of drug-likeness (QED) is 0.619. The van der Waals surface area contributed by atoms with Crippen molar-refractivity contribution < 1.29 is 39.5 Å². The van der Waals surface area contributed by atoms with Crippen LogP contribution in [0.15, 0.2) is 29.2 Å². The van der Waals surface area contributed by atoms with Crippen LogP contribution in [0.1, 0.15) is 44.0 Å². The lowest BCUT2D eigenvalue weighted by atomic mass is 9.99. The van der Waals surface area contributed by atoms with Crippen LogP contribution in [0.4, 0.5) is 13.2 Å². The van der Waals surface area contributed by atoms with E-state index in [0.717, 1.165) is 4.31 Å². The van der Waals surface area contributed by atoms with Gasteiger partial charge in [-0.25, -0.2) is 26.4 Å². The zero-order valence-corrected chi connectivity index (χ0v) is 18.9. The van der Waals surface area contributed by atoms with Crippen molar-refractivity contribution >= 4 is 26.0 Å².